The fraction of sp³-hybridized carbons (Fsp3) is 0.304. The number of halogens is 1. The van der Waals surface area contributed by atoms with Gasteiger partial charge in [-0.1, -0.05) is 24.6 Å². The summed E-state index contributed by atoms with van der Waals surface area (Å²) in [6, 6.07) is 9.88. The molecule has 1 N–H and O–H groups in total. The van der Waals surface area contributed by atoms with E-state index in [9.17, 15) is 14.9 Å². The van der Waals surface area contributed by atoms with E-state index in [2.05, 4.69) is 10.4 Å². The summed E-state index contributed by atoms with van der Waals surface area (Å²) in [5.74, 6) is 0.0752. The average Bonchev–Trinajstić information content (AvgIpc) is 2.93. The van der Waals surface area contributed by atoms with E-state index < -0.39 is 10.8 Å². The van der Waals surface area contributed by atoms with Crippen molar-refractivity contribution in [1.82, 2.24) is 9.78 Å². The minimum absolute atomic E-state index is 0.180. The number of hydrogen-bond donors (Lipinski definition) is 1. The lowest BCUT2D eigenvalue weighted by atomic mass is 10.1. The highest BCUT2D eigenvalue weighted by atomic mass is 35.5. The Bertz CT molecular complexity index is 1170. The standard InChI is InChI=1S/C23H25ClN4O4/c1-13-6-14(2)8-20(7-13)32-21-10-18(9-19(11-21)28(30)31)25-23(29)15(3)12-27-17(5)22(24)16(4)26-27/h6-11,15H,12H2,1-5H3,(H,25,29). The summed E-state index contributed by atoms with van der Waals surface area (Å²) in [7, 11) is 0. The third-order valence-corrected chi connectivity index (χ3v) is 5.54. The first-order chi connectivity index (χ1) is 15.0. The highest BCUT2D eigenvalue weighted by molar-refractivity contribution is 6.31. The van der Waals surface area contributed by atoms with Gasteiger partial charge < -0.3 is 10.1 Å². The van der Waals surface area contributed by atoms with E-state index in [1.807, 2.05) is 39.0 Å². The van der Waals surface area contributed by atoms with Crippen LogP contribution < -0.4 is 10.1 Å². The monoisotopic (exact) mass is 456 g/mol. The van der Waals surface area contributed by atoms with Gasteiger partial charge in [0.1, 0.15) is 11.5 Å². The van der Waals surface area contributed by atoms with Gasteiger partial charge in [-0.2, -0.15) is 5.10 Å². The third-order valence-electron chi connectivity index (χ3n) is 4.99. The average molecular weight is 457 g/mol. The van der Waals surface area contributed by atoms with E-state index in [1.165, 1.54) is 12.1 Å². The molecule has 0 saturated carbocycles. The molecule has 9 heteroatoms. The lowest BCUT2D eigenvalue weighted by Crippen LogP contribution is -2.25. The summed E-state index contributed by atoms with van der Waals surface area (Å²) < 4.78 is 7.54. The van der Waals surface area contributed by atoms with Crippen molar-refractivity contribution < 1.29 is 14.5 Å². The van der Waals surface area contributed by atoms with Crippen LogP contribution in [0.3, 0.4) is 0 Å². The lowest BCUT2D eigenvalue weighted by Gasteiger charge is -2.14. The smallest absolute Gasteiger partial charge is 0.275 e. The molecule has 3 rings (SSSR count). The van der Waals surface area contributed by atoms with Crippen LogP contribution in [0.2, 0.25) is 5.02 Å². The molecule has 0 aliphatic rings. The Morgan fingerprint density at radius 1 is 1.12 bits per heavy atom. The van der Waals surface area contributed by atoms with Gasteiger partial charge in [0.15, 0.2) is 0 Å². The molecule has 1 unspecified atom stereocenters. The SMILES string of the molecule is Cc1cc(C)cc(Oc2cc(NC(=O)C(C)Cn3nc(C)c(Cl)c3C)cc([N+](=O)[O-])c2)c1. The van der Waals surface area contributed by atoms with Crippen molar-refractivity contribution in [1.29, 1.82) is 0 Å². The number of hydrogen-bond acceptors (Lipinski definition) is 5. The van der Waals surface area contributed by atoms with Gasteiger partial charge in [-0.05, 0) is 51.0 Å². The minimum Gasteiger partial charge on any atom is -0.457 e. The van der Waals surface area contributed by atoms with E-state index >= 15 is 0 Å². The Morgan fingerprint density at radius 2 is 1.75 bits per heavy atom. The Balaban J connectivity index is 1.80. The number of aryl methyl sites for hydroxylation is 3. The minimum atomic E-state index is -0.523. The van der Waals surface area contributed by atoms with E-state index in [4.69, 9.17) is 16.3 Å². The molecule has 1 atom stereocenters. The van der Waals surface area contributed by atoms with Crippen molar-refractivity contribution in [3.05, 3.63) is 74.0 Å². The van der Waals surface area contributed by atoms with Crippen LogP contribution >= 0.6 is 11.6 Å². The Kier molecular flexibility index (Phi) is 6.84. The summed E-state index contributed by atoms with van der Waals surface area (Å²) in [4.78, 5) is 23.7. The molecule has 0 saturated heterocycles. The summed E-state index contributed by atoms with van der Waals surface area (Å²) in [6.07, 6.45) is 0. The first kappa shape index (κ1) is 23.3. The molecule has 0 aliphatic heterocycles. The summed E-state index contributed by atoms with van der Waals surface area (Å²) in [6.45, 7) is 9.60. The van der Waals surface area contributed by atoms with Gasteiger partial charge in [0.25, 0.3) is 5.69 Å². The van der Waals surface area contributed by atoms with E-state index in [1.54, 1.807) is 24.6 Å². The first-order valence-electron chi connectivity index (χ1n) is 10.1. The van der Waals surface area contributed by atoms with E-state index in [0.29, 0.717) is 23.0 Å². The molecule has 168 valence electrons. The maximum absolute atomic E-state index is 12.8. The number of anilines is 1. The van der Waals surface area contributed by atoms with Gasteiger partial charge in [-0.15, -0.1) is 0 Å². The van der Waals surface area contributed by atoms with Crippen molar-refractivity contribution in [3.63, 3.8) is 0 Å². The van der Waals surface area contributed by atoms with Crippen molar-refractivity contribution in [2.45, 2.75) is 41.2 Å². The van der Waals surface area contributed by atoms with Gasteiger partial charge >= 0.3 is 0 Å². The normalized spacial score (nSPS) is 11.8. The summed E-state index contributed by atoms with van der Waals surface area (Å²) in [5.41, 5.74) is 3.60. The number of rotatable bonds is 7. The number of nitrogens with one attached hydrogen (secondary N) is 1. The number of ether oxygens (including phenoxy) is 1. The quantitative estimate of drug-likeness (QED) is 0.360. The topological polar surface area (TPSA) is 99.3 Å². The van der Waals surface area contributed by atoms with Crippen LogP contribution in [-0.2, 0) is 11.3 Å². The zero-order valence-electron chi connectivity index (χ0n) is 18.6. The van der Waals surface area contributed by atoms with Gasteiger partial charge in [0.2, 0.25) is 5.91 Å². The number of nitrogens with zero attached hydrogens (tertiary/aromatic N) is 3. The molecule has 0 spiro atoms. The van der Waals surface area contributed by atoms with E-state index in [0.717, 1.165) is 16.8 Å². The maximum atomic E-state index is 12.8. The molecule has 0 bridgehead atoms. The number of aromatic nitrogens is 2. The number of carbonyl (C=O) groups is 1. The maximum Gasteiger partial charge on any atom is 0.275 e. The molecule has 1 amide bonds. The van der Waals surface area contributed by atoms with Crippen LogP contribution in [-0.4, -0.2) is 20.6 Å². The summed E-state index contributed by atoms with van der Waals surface area (Å²) in [5, 5.41) is 19.1. The lowest BCUT2D eigenvalue weighted by molar-refractivity contribution is -0.384. The second-order valence-corrected chi connectivity index (χ2v) is 8.33. The molecule has 3 aromatic rings. The molecule has 8 nitrogen and oxygen atoms in total. The van der Waals surface area contributed by atoms with E-state index in [-0.39, 0.29) is 23.0 Å². The number of benzene rings is 2. The van der Waals surface area contributed by atoms with Gasteiger partial charge in [-0.3, -0.25) is 19.6 Å². The van der Waals surface area contributed by atoms with Crippen LogP contribution in [0.5, 0.6) is 11.5 Å². The van der Waals surface area contributed by atoms with Crippen LogP contribution in [0, 0.1) is 43.7 Å². The molecule has 0 radical (unpaired) electrons. The fourth-order valence-electron chi connectivity index (χ4n) is 3.41. The highest BCUT2D eigenvalue weighted by Gasteiger charge is 2.19. The summed E-state index contributed by atoms with van der Waals surface area (Å²) >= 11 is 6.18. The molecule has 32 heavy (non-hydrogen) atoms. The second kappa shape index (κ2) is 9.40. The Morgan fingerprint density at radius 3 is 2.31 bits per heavy atom. The number of nitro groups is 1. The van der Waals surface area contributed by atoms with Crippen LogP contribution in [0.15, 0.2) is 36.4 Å². The van der Waals surface area contributed by atoms with Crippen molar-refractivity contribution in [2.24, 2.45) is 5.92 Å². The second-order valence-electron chi connectivity index (χ2n) is 7.96. The van der Waals surface area contributed by atoms with Crippen LogP contribution in [0.4, 0.5) is 11.4 Å². The van der Waals surface area contributed by atoms with Crippen molar-refractivity contribution in [3.8, 4) is 11.5 Å². The number of carbonyl (C=O) groups excluding carboxylic acids is 1. The number of nitro benzene ring substituents is 1. The predicted octanol–water partition coefficient (Wildman–Crippen LogP) is 5.75. The van der Waals surface area contributed by atoms with Crippen LogP contribution in [0.1, 0.15) is 29.4 Å². The van der Waals surface area contributed by atoms with Crippen LogP contribution in [0.25, 0.3) is 0 Å². The molecule has 1 heterocycles. The Hall–Kier alpha value is -3.39. The highest BCUT2D eigenvalue weighted by Crippen LogP contribution is 2.31. The van der Waals surface area contributed by atoms with Crippen molar-refractivity contribution in [2.75, 3.05) is 5.32 Å². The van der Waals surface area contributed by atoms with Crippen molar-refractivity contribution >= 4 is 28.9 Å². The zero-order valence-corrected chi connectivity index (χ0v) is 19.4. The molecular weight excluding hydrogens is 432 g/mol. The van der Waals surface area contributed by atoms with Gasteiger partial charge in [-0.25, -0.2) is 0 Å². The predicted molar refractivity (Wildman–Crippen MR) is 124 cm³/mol. The zero-order chi connectivity index (χ0) is 23.6. The Labute approximate surface area is 191 Å². The number of amides is 1. The number of non-ortho nitro benzene ring substituents is 1. The van der Waals surface area contributed by atoms with Gasteiger partial charge in [0.05, 0.1) is 45.6 Å². The molecule has 2 aromatic carbocycles. The molecule has 0 fully saturated rings. The first-order valence-corrected chi connectivity index (χ1v) is 10.5. The third kappa shape index (κ3) is 5.45. The fourth-order valence-corrected chi connectivity index (χ4v) is 3.54. The van der Waals surface area contributed by atoms with Gasteiger partial charge in [0, 0.05) is 12.1 Å². The molecule has 0 aliphatic carbocycles. The molecular formula is C23H25ClN4O4. The largest absolute Gasteiger partial charge is 0.457 e. The molecule has 1 aromatic heterocycles.